The Morgan fingerprint density at radius 2 is 2.15 bits per heavy atom. The molecule has 1 N–H and O–H groups in total. The molecule has 20 heavy (non-hydrogen) atoms. The van der Waals surface area contributed by atoms with Crippen LogP contribution >= 0.6 is 0 Å². The van der Waals surface area contributed by atoms with Crippen molar-refractivity contribution < 1.29 is 14.0 Å². The molecule has 3 heterocycles. The zero-order valence-electron chi connectivity index (χ0n) is 11.6. The minimum atomic E-state index is -0.247. The Morgan fingerprint density at radius 3 is 2.95 bits per heavy atom. The Balaban J connectivity index is 1.70. The Bertz CT molecular complexity index is 525. The topological polar surface area (TPSA) is 65.8 Å². The van der Waals surface area contributed by atoms with Crippen molar-refractivity contribution in [3.05, 3.63) is 23.7 Å². The second-order valence-electron chi connectivity index (χ2n) is 5.34. The predicted octanol–water partition coefficient (Wildman–Crippen LogP) is 0.332. The van der Waals surface area contributed by atoms with E-state index < -0.39 is 0 Å². The molecule has 0 radical (unpaired) electrons. The van der Waals surface area contributed by atoms with Gasteiger partial charge in [0, 0.05) is 6.54 Å². The van der Waals surface area contributed by atoms with E-state index in [2.05, 4.69) is 5.32 Å². The minimum absolute atomic E-state index is 0.0497. The first kappa shape index (κ1) is 13.2. The molecule has 3 rings (SSSR count). The molecule has 0 aromatic carbocycles. The quantitative estimate of drug-likeness (QED) is 0.861. The van der Waals surface area contributed by atoms with Crippen LogP contribution in [-0.4, -0.2) is 47.8 Å². The van der Waals surface area contributed by atoms with E-state index >= 15 is 0 Å². The van der Waals surface area contributed by atoms with Gasteiger partial charge in [-0.05, 0) is 32.0 Å². The number of carbonyl (C=O) groups is 2. The van der Waals surface area contributed by atoms with Crippen LogP contribution in [0.5, 0.6) is 0 Å². The molecule has 2 saturated heterocycles. The molecule has 6 nitrogen and oxygen atoms in total. The molecule has 2 amide bonds. The molecule has 2 aliphatic rings. The van der Waals surface area contributed by atoms with Gasteiger partial charge in [0.15, 0.2) is 0 Å². The van der Waals surface area contributed by atoms with E-state index in [1.807, 2.05) is 19.2 Å². The Hall–Kier alpha value is -1.82. The first-order valence-electron chi connectivity index (χ1n) is 6.99. The van der Waals surface area contributed by atoms with E-state index in [1.54, 1.807) is 9.80 Å². The third kappa shape index (κ3) is 2.31. The summed E-state index contributed by atoms with van der Waals surface area (Å²) in [5.41, 5.74) is 0. The average molecular weight is 277 g/mol. The number of rotatable bonds is 4. The molecule has 108 valence electrons. The zero-order valence-corrected chi connectivity index (χ0v) is 11.6. The van der Waals surface area contributed by atoms with Gasteiger partial charge in [-0.3, -0.25) is 9.59 Å². The first-order valence-corrected chi connectivity index (χ1v) is 6.99. The molecule has 1 aromatic rings. The standard InChI is InChI=1S/C14H19N3O3/c1-15-7-10-4-5-11(20-10)8-16-9-13(18)17-6-2-3-12(17)14(16)19/h4-5,12,15H,2-3,6-9H2,1H3. The Kier molecular flexibility index (Phi) is 3.48. The summed E-state index contributed by atoms with van der Waals surface area (Å²) in [7, 11) is 1.85. The highest BCUT2D eigenvalue weighted by Crippen LogP contribution is 2.24. The van der Waals surface area contributed by atoms with E-state index in [-0.39, 0.29) is 24.4 Å². The second-order valence-corrected chi connectivity index (χ2v) is 5.34. The van der Waals surface area contributed by atoms with Gasteiger partial charge in [0.1, 0.15) is 24.1 Å². The van der Waals surface area contributed by atoms with E-state index in [1.165, 1.54) is 0 Å². The van der Waals surface area contributed by atoms with Gasteiger partial charge in [-0.2, -0.15) is 0 Å². The van der Waals surface area contributed by atoms with Crippen molar-refractivity contribution in [2.75, 3.05) is 20.1 Å². The van der Waals surface area contributed by atoms with Gasteiger partial charge >= 0.3 is 0 Å². The highest BCUT2D eigenvalue weighted by molar-refractivity contribution is 5.95. The minimum Gasteiger partial charge on any atom is -0.463 e. The number of furan rings is 1. The third-order valence-corrected chi connectivity index (χ3v) is 3.91. The maximum atomic E-state index is 12.4. The van der Waals surface area contributed by atoms with Crippen molar-refractivity contribution in [2.45, 2.75) is 32.0 Å². The monoisotopic (exact) mass is 277 g/mol. The van der Waals surface area contributed by atoms with E-state index in [9.17, 15) is 9.59 Å². The number of carbonyl (C=O) groups excluding carboxylic acids is 2. The van der Waals surface area contributed by atoms with Crippen LogP contribution in [0.15, 0.2) is 16.5 Å². The SMILES string of the molecule is CNCc1ccc(CN2CC(=O)N3CCCC3C2=O)o1. The number of piperazine rings is 1. The summed E-state index contributed by atoms with van der Waals surface area (Å²) < 4.78 is 5.64. The molecule has 1 aromatic heterocycles. The summed E-state index contributed by atoms with van der Waals surface area (Å²) in [6.07, 6.45) is 1.70. The molecule has 2 fully saturated rings. The van der Waals surface area contributed by atoms with Gasteiger partial charge in [-0.15, -0.1) is 0 Å². The smallest absolute Gasteiger partial charge is 0.246 e. The summed E-state index contributed by atoms with van der Waals surface area (Å²) in [5.74, 6) is 1.66. The van der Waals surface area contributed by atoms with Gasteiger partial charge in [-0.1, -0.05) is 0 Å². The fourth-order valence-corrected chi connectivity index (χ4v) is 2.96. The lowest BCUT2D eigenvalue weighted by Gasteiger charge is -2.35. The zero-order chi connectivity index (χ0) is 14.1. The molecule has 0 saturated carbocycles. The maximum absolute atomic E-state index is 12.4. The van der Waals surface area contributed by atoms with Gasteiger partial charge in [0.2, 0.25) is 11.8 Å². The average Bonchev–Trinajstić information content (AvgIpc) is 3.05. The van der Waals surface area contributed by atoms with Crippen LogP contribution in [0.4, 0.5) is 0 Å². The van der Waals surface area contributed by atoms with Gasteiger partial charge < -0.3 is 19.5 Å². The van der Waals surface area contributed by atoms with Crippen molar-refractivity contribution in [1.29, 1.82) is 0 Å². The van der Waals surface area contributed by atoms with Gasteiger partial charge in [-0.25, -0.2) is 0 Å². The Morgan fingerprint density at radius 1 is 1.35 bits per heavy atom. The summed E-state index contributed by atoms with van der Waals surface area (Å²) in [6.45, 7) is 1.91. The number of nitrogens with zero attached hydrogens (tertiary/aromatic N) is 2. The highest BCUT2D eigenvalue weighted by Gasteiger charge is 2.41. The van der Waals surface area contributed by atoms with Crippen molar-refractivity contribution >= 4 is 11.8 Å². The number of fused-ring (bicyclic) bond motifs is 1. The molecule has 1 unspecified atom stereocenters. The maximum Gasteiger partial charge on any atom is 0.246 e. The molecule has 2 aliphatic heterocycles. The summed E-state index contributed by atoms with van der Waals surface area (Å²) in [4.78, 5) is 27.7. The predicted molar refractivity (Wildman–Crippen MR) is 71.6 cm³/mol. The number of hydrogen-bond donors (Lipinski definition) is 1. The van der Waals surface area contributed by atoms with Crippen LogP contribution < -0.4 is 5.32 Å². The van der Waals surface area contributed by atoms with E-state index in [0.29, 0.717) is 13.1 Å². The fraction of sp³-hybridized carbons (Fsp3) is 0.571. The lowest BCUT2D eigenvalue weighted by Crippen LogP contribution is -2.56. The largest absolute Gasteiger partial charge is 0.463 e. The number of hydrogen-bond acceptors (Lipinski definition) is 4. The van der Waals surface area contributed by atoms with Crippen LogP contribution in [0.3, 0.4) is 0 Å². The normalized spacial score (nSPS) is 22.6. The number of amides is 2. The van der Waals surface area contributed by atoms with E-state index in [4.69, 9.17) is 4.42 Å². The van der Waals surface area contributed by atoms with Crippen LogP contribution in [0.2, 0.25) is 0 Å². The molecule has 0 aliphatic carbocycles. The lowest BCUT2D eigenvalue weighted by atomic mass is 10.1. The van der Waals surface area contributed by atoms with E-state index in [0.717, 1.165) is 30.9 Å². The highest BCUT2D eigenvalue weighted by atomic mass is 16.3. The Labute approximate surface area is 117 Å². The summed E-state index contributed by atoms with van der Waals surface area (Å²) in [5, 5.41) is 3.01. The molecule has 0 bridgehead atoms. The third-order valence-electron chi connectivity index (χ3n) is 3.91. The fourth-order valence-electron chi connectivity index (χ4n) is 2.96. The van der Waals surface area contributed by atoms with Crippen LogP contribution in [-0.2, 0) is 22.7 Å². The molecular formula is C14H19N3O3. The molecule has 6 heteroatoms. The second kappa shape index (κ2) is 5.28. The first-order chi connectivity index (χ1) is 9.69. The van der Waals surface area contributed by atoms with Crippen molar-refractivity contribution in [1.82, 2.24) is 15.1 Å². The van der Waals surface area contributed by atoms with Crippen LogP contribution in [0.25, 0.3) is 0 Å². The van der Waals surface area contributed by atoms with Crippen molar-refractivity contribution in [3.8, 4) is 0 Å². The van der Waals surface area contributed by atoms with Crippen LogP contribution in [0.1, 0.15) is 24.4 Å². The molecule has 1 atom stereocenters. The van der Waals surface area contributed by atoms with Crippen molar-refractivity contribution in [2.24, 2.45) is 0 Å². The molecular weight excluding hydrogens is 258 g/mol. The lowest BCUT2D eigenvalue weighted by molar-refractivity contribution is -0.154. The summed E-state index contributed by atoms with van der Waals surface area (Å²) in [6, 6.07) is 3.51. The van der Waals surface area contributed by atoms with Crippen molar-refractivity contribution in [3.63, 3.8) is 0 Å². The summed E-state index contributed by atoms with van der Waals surface area (Å²) >= 11 is 0. The van der Waals surface area contributed by atoms with Gasteiger partial charge in [0.25, 0.3) is 0 Å². The van der Waals surface area contributed by atoms with Gasteiger partial charge in [0.05, 0.1) is 13.1 Å². The number of nitrogens with one attached hydrogen (secondary N) is 1. The molecule has 0 spiro atoms. The van der Waals surface area contributed by atoms with Crippen LogP contribution in [0, 0.1) is 0 Å².